The van der Waals surface area contributed by atoms with E-state index in [2.05, 4.69) is 19.2 Å². The summed E-state index contributed by atoms with van der Waals surface area (Å²) in [5.74, 6) is -0.433. The van der Waals surface area contributed by atoms with Crippen molar-refractivity contribution in [3.63, 3.8) is 0 Å². The molecule has 1 N–H and O–H groups in total. The summed E-state index contributed by atoms with van der Waals surface area (Å²) < 4.78 is 16.5. The Bertz CT molecular complexity index is 800. The molecule has 2 aromatic rings. The molecule has 6 nitrogen and oxygen atoms in total. The molecule has 0 aromatic heterocycles. The zero-order valence-electron chi connectivity index (χ0n) is 18.3. The molecule has 6 heteroatoms. The van der Waals surface area contributed by atoms with Crippen molar-refractivity contribution in [3.05, 3.63) is 71.8 Å². The quantitative estimate of drug-likeness (QED) is 0.439. The Hall–Kier alpha value is -2.70. The molecule has 1 aliphatic heterocycles. The normalized spacial score (nSPS) is 18.6. The van der Waals surface area contributed by atoms with E-state index in [4.69, 9.17) is 14.2 Å². The number of hydrogen-bond acceptors (Lipinski definition) is 5. The van der Waals surface area contributed by atoms with Crippen LogP contribution < -0.4 is 5.32 Å². The van der Waals surface area contributed by atoms with Gasteiger partial charge in [-0.05, 0) is 30.4 Å². The van der Waals surface area contributed by atoms with Crippen molar-refractivity contribution in [1.82, 2.24) is 5.32 Å². The second-order valence-corrected chi connectivity index (χ2v) is 8.10. The average Bonchev–Trinajstić information content (AvgIpc) is 3.56. The first-order valence-electron chi connectivity index (χ1n) is 10.8. The number of nitrogens with one attached hydrogen (secondary N) is 1. The molecular weight excluding hydrogens is 394 g/mol. The van der Waals surface area contributed by atoms with Gasteiger partial charge in [0.05, 0.1) is 19.3 Å². The van der Waals surface area contributed by atoms with Crippen LogP contribution in [0.1, 0.15) is 44.4 Å². The van der Waals surface area contributed by atoms with Gasteiger partial charge in [-0.1, -0.05) is 74.5 Å². The van der Waals surface area contributed by atoms with Crippen LogP contribution in [-0.4, -0.2) is 43.3 Å². The lowest BCUT2D eigenvalue weighted by atomic mass is 10.0. The molecule has 0 bridgehead atoms. The van der Waals surface area contributed by atoms with Gasteiger partial charge in [0, 0.05) is 0 Å². The number of esters is 1. The predicted molar refractivity (Wildman–Crippen MR) is 117 cm³/mol. The molecule has 1 fully saturated rings. The minimum absolute atomic E-state index is 0.200. The molecular formula is C25H31NO5. The molecule has 166 valence electrons. The third kappa shape index (κ3) is 6.64. The lowest BCUT2D eigenvalue weighted by Gasteiger charge is -2.25. The van der Waals surface area contributed by atoms with Gasteiger partial charge < -0.3 is 19.5 Å². The topological polar surface area (TPSA) is 77.2 Å². The van der Waals surface area contributed by atoms with Crippen molar-refractivity contribution in [2.45, 2.75) is 51.5 Å². The monoisotopic (exact) mass is 425 g/mol. The summed E-state index contributed by atoms with van der Waals surface area (Å²) >= 11 is 0. The molecule has 0 aliphatic carbocycles. The van der Waals surface area contributed by atoms with Gasteiger partial charge in [0.1, 0.15) is 6.10 Å². The third-order valence-corrected chi connectivity index (χ3v) is 5.04. The van der Waals surface area contributed by atoms with Crippen LogP contribution in [0.3, 0.4) is 0 Å². The first-order valence-corrected chi connectivity index (χ1v) is 10.8. The van der Waals surface area contributed by atoms with Gasteiger partial charge in [-0.2, -0.15) is 0 Å². The van der Waals surface area contributed by atoms with E-state index in [0.717, 1.165) is 17.5 Å². The minimum atomic E-state index is -0.804. The maximum absolute atomic E-state index is 12.6. The molecule has 1 amide bonds. The van der Waals surface area contributed by atoms with Gasteiger partial charge in [-0.3, -0.25) is 4.79 Å². The molecule has 0 radical (unpaired) electrons. The number of rotatable bonds is 11. The highest BCUT2D eigenvalue weighted by molar-refractivity contribution is 5.92. The highest BCUT2D eigenvalue weighted by Crippen LogP contribution is 2.27. The SMILES string of the molecule is CCOC(=O)[C@H]1O[C@@H]1C(=O)N[C@H](COC(c1ccccc1)c1ccccc1)CC(C)C. The lowest BCUT2D eigenvalue weighted by Crippen LogP contribution is -2.42. The van der Waals surface area contributed by atoms with Crippen LogP contribution in [0.2, 0.25) is 0 Å². The summed E-state index contributed by atoms with van der Waals surface area (Å²) in [5.41, 5.74) is 2.10. The fraction of sp³-hybridized carbons (Fsp3) is 0.440. The van der Waals surface area contributed by atoms with Gasteiger partial charge in [0.15, 0.2) is 12.2 Å². The van der Waals surface area contributed by atoms with Crippen molar-refractivity contribution in [1.29, 1.82) is 0 Å². The van der Waals surface area contributed by atoms with E-state index in [1.54, 1.807) is 6.92 Å². The van der Waals surface area contributed by atoms with Crippen LogP contribution >= 0.6 is 0 Å². The lowest BCUT2D eigenvalue weighted by molar-refractivity contribution is -0.144. The second kappa shape index (κ2) is 11.1. The first kappa shape index (κ1) is 23.0. The predicted octanol–water partition coefficient (Wildman–Crippen LogP) is 3.65. The Labute approximate surface area is 183 Å². The largest absolute Gasteiger partial charge is 0.464 e. The summed E-state index contributed by atoms with van der Waals surface area (Å²) in [6, 6.07) is 19.9. The van der Waals surface area contributed by atoms with Crippen LogP contribution in [0, 0.1) is 5.92 Å². The Balaban J connectivity index is 1.65. The molecule has 1 aliphatic rings. The van der Waals surface area contributed by atoms with E-state index in [9.17, 15) is 9.59 Å². The number of benzene rings is 2. The van der Waals surface area contributed by atoms with Gasteiger partial charge >= 0.3 is 5.97 Å². The molecule has 3 rings (SSSR count). The second-order valence-electron chi connectivity index (χ2n) is 8.10. The van der Waals surface area contributed by atoms with Crippen molar-refractivity contribution in [3.8, 4) is 0 Å². The zero-order valence-corrected chi connectivity index (χ0v) is 18.3. The van der Waals surface area contributed by atoms with Crippen LogP contribution in [0.5, 0.6) is 0 Å². The standard InChI is InChI=1S/C25H31NO5/c1-4-29-25(28)23-22(31-23)24(27)26-20(15-17(2)3)16-30-21(18-11-7-5-8-12-18)19-13-9-6-10-14-19/h5-14,17,20-23H,4,15-16H2,1-3H3,(H,26,27)/t20-,22-,23-/m0/s1. The van der Waals surface area contributed by atoms with E-state index in [-0.39, 0.29) is 24.7 Å². The number of epoxide rings is 1. The number of ether oxygens (including phenoxy) is 3. The van der Waals surface area contributed by atoms with Crippen molar-refractivity contribution in [2.24, 2.45) is 5.92 Å². The highest BCUT2D eigenvalue weighted by atomic mass is 16.6. The van der Waals surface area contributed by atoms with Crippen molar-refractivity contribution >= 4 is 11.9 Å². The molecule has 1 saturated heterocycles. The summed E-state index contributed by atoms with van der Waals surface area (Å²) in [6.07, 6.45) is -1.08. The van der Waals surface area contributed by atoms with Gasteiger partial charge in [0.25, 0.3) is 5.91 Å². The molecule has 31 heavy (non-hydrogen) atoms. The number of hydrogen-bond donors (Lipinski definition) is 1. The minimum Gasteiger partial charge on any atom is -0.464 e. The van der Waals surface area contributed by atoms with Crippen molar-refractivity contribution in [2.75, 3.05) is 13.2 Å². The fourth-order valence-electron chi connectivity index (χ4n) is 3.59. The highest BCUT2D eigenvalue weighted by Gasteiger charge is 2.51. The number of carbonyl (C=O) groups is 2. The Morgan fingerprint density at radius 1 is 0.968 bits per heavy atom. The molecule has 3 atom stereocenters. The molecule has 1 heterocycles. The molecule has 0 spiro atoms. The van der Waals surface area contributed by atoms with Gasteiger partial charge in [-0.15, -0.1) is 0 Å². The fourth-order valence-corrected chi connectivity index (χ4v) is 3.59. The number of carbonyl (C=O) groups excluding carboxylic acids is 2. The Morgan fingerprint density at radius 2 is 1.55 bits per heavy atom. The Morgan fingerprint density at radius 3 is 2.06 bits per heavy atom. The maximum atomic E-state index is 12.6. The zero-order chi connectivity index (χ0) is 22.2. The van der Waals surface area contributed by atoms with E-state index in [0.29, 0.717) is 12.5 Å². The summed E-state index contributed by atoms with van der Waals surface area (Å²) in [5, 5.41) is 3.00. The smallest absolute Gasteiger partial charge is 0.338 e. The van der Waals surface area contributed by atoms with Crippen LogP contribution in [0.4, 0.5) is 0 Å². The molecule has 0 unspecified atom stereocenters. The third-order valence-electron chi connectivity index (χ3n) is 5.04. The van der Waals surface area contributed by atoms with Crippen LogP contribution in [-0.2, 0) is 23.8 Å². The van der Waals surface area contributed by atoms with Crippen molar-refractivity contribution < 1.29 is 23.8 Å². The van der Waals surface area contributed by atoms with Gasteiger partial charge in [-0.25, -0.2) is 4.79 Å². The van der Waals surface area contributed by atoms with Gasteiger partial charge in [0.2, 0.25) is 0 Å². The summed E-state index contributed by atoms with van der Waals surface area (Å²) in [6.45, 7) is 6.52. The van der Waals surface area contributed by atoms with Crippen LogP contribution in [0.25, 0.3) is 0 Å². The van der Waals surface area contributed by atoms with E-state index >= 15 is 0 Å². The molecule has 2 aromatic carbocycles. The maximum Gasteiger partial charge on any atom is 0.338 e. The first-order chi connectivity index (χ1) is 15.0. The number of amides is 1. The summed E-state index contributed by atoms with van der Waals surface area (Å²) in [4.78, 5) is 24.4. The Kier molecular flexibility index (Phi) is 8.20. The van der Waals surface area contributed by atoms with E-state index < -0.39 is 18.2 Å². The average molecular weight is 426 g/mol. The van der Waals surface area contributed by atoms with Crippen LogP contribution in [0.15, 0.2) is 60.7 Å². The van der Waals surface area contributed by atoms with E-state index in [1.807, 2.05) is 60.7 Å². The molecule has 0 saturated carbocycles. The van der Waals surface area contributed by atoms with E-state index in [1.165, 1.54) is 0 Å². The summed E-state index contributed by atoms with van der Waals surface area (Å²) in [7, 11) is 0.